The Morgan fingerprint density at radius 1 is 1.19 bits per heavy atom. The molecule has 0 saturated carbocycles. The van der Waals surface area contributed by atoms with E-state index in [1.54, 1.807) is 18.5 Å². The predicted octanol–water partition coefficient (Wildman–Crippen LogP) is 2.09. The quantitative estimate of drug-likeness (QED) is 0.813. The first-order valence-electron chi connectivity index (χ1n) is 4.96. The van der Waals surface area contributed by atoms with Crippen LogP contribution in [0.4, 0.5) is 0 Å². The molecule has 0 amide bonds. The van der Waals surface area contributed by atoms with E-state index in [9.17, 15) is 4.21 Å². The number of aryl methyl sites for hydroxylation is 1. The van der Waals surface area contributed by atoms with Gasteiger partial charge in [0.05, 0.1) is 22.2 Å². The van der Waals surface area contributed by atoms with Crippen molar-refractivity contribution in [2.24, 2.45) is 0 Å². The van der Waals surface area contributed by atoms with Gasteiger partial charge in [-0.15, -0.1) is 0 Å². The second kappa shape index (κ2) is 4.99. The van der Waals surface area contributed by atoms with Gasteiger partial charge in [0, 0.05) is 12.4 Å². The van der Waals surface area contributed by atoms with Crippen molar-refractivity contribution in [2.75, 3.05) is 0 Å². The van der Waals surface area contributed by atoms with Gasteiger partial charge in [0.15, 0.2) is 0 Å². The number of nitrogens with zero attached hydrogens (tertiary/aromatic N) is 2. The third-order valence-electron chi connectivity index (χ3n) is 2.12. The van der Waals surface area contributed by atoms with Crippen LogP contribution in [0, 0.1) is 6.92 Å². The fourth-order valence-electron chi connectivity index (χ4n) is 1.28. The zero-order chi connectivity index (χ0) is 11.4. The van der Waals surface area contributed by atoms with E-state index < -0.39 is 10.8 Å². The highest BCUT2D eigenvalue weighted by molar-refractivity contribution is 7.84. The Kier molecular flexibility index (Phi) is 3.41. The fraction of sp³-hybridized carbons (Fsp3) is 0.167. The first kappa shape index (κ1) is 11.0. The lowest BCUT2D eigenvalue weighted by molar-refractivity contribution is 0.679. The van der Waals surface area contributed by atoms with E-state index in [1.807, 2.05) is 31.2 Å². The Labute approximate surface area is 97.0 Å². The maximum absolute atomic E-state index is 11.9. The van der Waals surface area contributed by atoms with Crippen LogP contribution in [0.25, 0.3) is 0 Å². The number of pyridine rings is 2. The van der Waals surface area contributed by atoms with Crippen molar-refractivity contribution < 1.29 is 4.21 Å². The van der Waals surface area contributed by atoms with Gasteiger partial charge in [0.2, 0.25) is 0 Å². The van der Waals surface area contributed by atoms with Gasteiger partial charge < -0.3 is 0 Å². The van der Waals surface area contributed by atoms with E-state index in [4.69, 9.17) is 0 Å². The molecule has 2 aromatic heterocycles. The molecule has 2 heterocycles. The molecule has 2 aromatic rings. The van der Waals surface area contributed by atoms with E-state index in [-0.39, 0.29) is 0 Å². The van der Waals surface area contributed by atoms with Crippen LogP contribution in [-0.2, 0) is 16.6 Å². The van der Waals surface area contributed by atoms with Gasteiger partial charge >= 0.3 is 0 Å². The van der Waals surface area contributed by atoms with Gasteiger partial charge in [-0.3, -0.25) is 9.19 Å². The summed E-state index contributed by atoms with van der Waals surface area (Å²) in [5, 5.41) is 0.608. The molecular weight excluding hydrogens is 220 g/mol. The minimum absolute atomic E-state index is 0.414. The summed E-state index contributed by atoms with van der Waals surface area (Å²) in [5.41, 5.74) is 1.89. The summed E-state index contributed by atoms with van der Waals surface area (Å²) in [6.07, 6.45) is 3.43. The smallest absolute Gasteiger partial charge is 0.127 e. The van der Waals surface area contributed by atoms with Gasteiger partial charge in [-0.2, -0.15) is 0 Å². The number of hydrogen-bond acceptors (Lipinski definition) is 3. The SMILES string of the molecule is Cc1ccc([S@](=O)Cc2ccccn2)nc1. The van der Waals surface area contributed by atoms with Gasteiger partial charge in [0.1, 0.15) is 5.03 Å². The number of aromatic nitrogens is 2. The summed E-state index contributed by atoms with van der Waals surface area (Å²) in [5.74, 6) is 0.414. The summed E-state index contributed by atoms with van der Waals surface area (Å²) < 4.78 is 11.9. The highest BCUT2D eigenvalue weighted by Crippen LogP contribution is 2.08. The Morgan fingerprint density at radius 3 is 2.69 bits per heavy atom. The lowest BCUT2D eigenvalue weighted by Crippen LogP contribution is -2.00. The van der Waals surface area contributed by atoms with Crippen molar-refractivity contribution in [3.8, 4) is 0 Å². The van der Waals surface area contributed by atoms with Gasteiger partial charge in [-0.25, -0.2) is 4.98 Å². The Balaban J connectivity index is 2.12. The molecule has 0 radical (unpaired) electrons. The van der Waals surface area contributed by atoms with Crippen LogP contribution in [0.2, 0.25) is 0 Å². The van der Waals surface area contributed by atoms with E-state index in [1.165, 1.54) is 0 Å². The minimum Gasteiger partial charge on any atom is -0.260 e. The highest BCUT2D eigenvalue weighted by Gasteiger charge is 2.06. The van der Waals surface area contributed by atoms with E-state index in [0.29, 0.717) is 10.8 Å². The van der Waals surface area contributed by atoms with Gasteiger partial charge in [-0.1, -0.05) is 12.1 Å². The topological polar surface area (TPSA) is 42.9 Å². The normalized spacial score (nSPS) is 12.3. The van der Waals surface area contributed by atoms with Crippen LogP contribution in [0.3, 0.4) is 0 Å². The van der Waals surface area contributed by atoms with Crippen LogP contribution >= 0.6 is 0 Å². The summed E-state index contributed by atoms with van der Waals surface area (Å²) in [7, 11) is -1.12. The summed E-state index contributed by atoms with van der Waals surface area (Å²) in [6, 6.07) is 9.32. The predicted molar refractivity (Wildman–Crippen MR) is 63.3 cm³/mol. The zero-order valence-corrected chi connectivity index (χ0v) is 9.78. The summed E-state index contributed by atoms with van der Waals surface area (Å²) in [6.45, 7) is 1.96. The molecular formula is C12H12N2OS. The number of rotatable bonds is 3. The molecule has 16 heavy (non-hydrogen) atoms. The van der Waals surface area contributed by atoms with Crippen LogP contribution in [-0.4, -0.2) is 14.2 Å². The maximum Gasteiger partial charge on any atom is 0.127 e. The number of hydrogen-bond donors (Lipinski definition) is 0. The molecule has 0 aliphatic carbocycles. The van der Waals surface area contributed by atoms with Crippen LogP contribution < -0.4 is 0 Å². The molecule has 2 rings (SSSR count). The molecule has 0 aromatic carbocycles. The second-order valence-corrected chi connectivity index (χ2v) is 4.88. The van der Waals surface area contributed by atoms with Crippen molar-refractivity contribution in [2.45, 2.75) is 17.7 Å². The summed E-state index contributed by atoms with van der Waals surface area (Å²) >= 11 is 0. The van der Waals surface area contributed by atoms with Crippen LogP contribution in [0.1, 0.15) is 11.3 Å². The molecule has 0 aliphatic heterocycles. The lowest BCUT2D eigenvalue weighted by atomic mass is 10.3. The molecule has 1 atom stereocenters. The minimum atomic E-state index is -1.12. The van der Waals surface area contributed by atoms with Crippen molar-refractivity contribution in [3.63, 3.8) is 0 Å². The van der Waals surface area contributed by atoms with Gasteiger partial charge in [-0.05, 0) is 30.7 Å². The second-order valence-electron chi connectivity index (χ2n) is 3.48. The Bertz CT molecular complexity index is 482. The monoisotopic (exact) mass is 232 g/mol. The average Bonchev–Trinajstić information content (AvgIpc) is 2.31. The molecule has 4 heteroatoms. The molecule has 0 spiro atoms. The molecule has 0 unspecified atom stereocenters. The molecule has 0 bridgehead atoms. The van der Waals surface area contributed by atoms with E-state index >= 15 is 0 Å². The van der Waals surface area contributed by atoms with E-state index in [0.717, 1.165) is 11.3 Å². The first-order chi connectivity index (χ1) is 7.75. The highest BCUT2D eigenvalue weighted by atomic mass is 32.2. The third-order valence-corrected chi connectivity index (χ3v) is 3.39. The molecule has 0 N–H and O–H groups in total. The Hall–Kier alpha value is -1.55. The average molecular weight is 232 g/mol. The van der Waals surface area contributed by atoms with Gasteiger partial charge in [0.25, 0.3) is 0 Å². The Morgan fingerprint density at radius 2 is 2.06 bits per heavy atom. The maximum atomic E-state index is 11.9. The first-order valence-corrected chi connectivity index (χ1v) is 6.28. The standard InChI is InChI=1S/C12H12N2OS/c1-10-5-6-12(14-8-10)16(15)9-11-4-2-3-7-13-11/h2-8H,9H2,1H3/t16-/m1/s1. The van der Waals surface area contributed by atoms with Crippen molar-refractivity contribution in [3.05, 3.63) is 54.0 Å². The lowest BCUT2D eigenvalue weighted by Gasteiger charge is -2.01. The van der Waals surface area contributed by atoms with Crippen molar-refractivity contribution >= 4 is 10.8 Å². The molecule has 0 fully saturated rings. The third kappa shape index (κ3) is 2.73. The molecule has 0 saturated heterocycles. The van der Waals surface area contributed by atoms with E-state index in [2.05, 4.69) is 9.97 Å². The van der Waals surface area contributed by atoms with Crippen LogP contribution in [0.5, 0.6) is 0 Å². The van der Waals surface area contributed by atoms with Crippen molar-refractivity contribution in [1.82, 2.24) is 9.97 Å². The zero-order valence-electron chi connectivity index (χ0n) is 8.96. The molecule has 3 nitrogen and oxygen atoms in total. The fourth-order valence-corrected chi connectivity index (χ4v) is 2.26. The van der Waals surface area contributed by atoms with Crippen molar-refractivity contribution in [1.29, 1.82) is 0 Å². The summed E-state index contributed by atoms with van der Waals surface area (Å²) in [4.78, 5) is 8.29. The molecule has 82 valence electrons. The molecule has 0 aliphatic rings. The van der Waals surface area contributed by atoms with Crippen LogP contribution in [0.15, 0.2) is 47.8 Å². The largest absolute Gasteiger partial charge is 0.260 e.